The molecule has 1 saturated carbocycles. The summed E-state index contributed by atoms with van der Waals surface area (Å²) in [7, 11) is -3.35. The minimum atomic E-state index is -3.35. The Morgan fingerprint density at radius 3 is 2.41 bits per heavy atom. The Kier molecular flexibility index (Phi) is 5.90. The lowest BCUT2D eigenvalue weighted by Crippen LogP contribution is -2.23. The molecule has 3 rings (SSSR count). The van der Waals surface area contributed by atoms with Crippen LogP contribution in [0.3, 0.4) is 0 Å². The van der Waals surface area contributed by atoms with Gasteiger partial charge in [0.1, 0.15) is 12.3 Å². The summed E-state index contributed by atoms with van der Waals surface area (Å²) >= 11 is 1.27. The van der Waals surface area contributed by atoms with E-state index in [4.69, 9.17) is 0 Å². The van der Waals surface area contributed by atoms with Crippen molar-refractivity contribution in [3.8, 4) is 0 Å². The van der Waals surface area contributed by atoms with E-state index in [-0.39, 0.29) is 36.0 Å². The van der Waals surface area contributed by atoms with Crippen molar-refractivity contribution in [1.29, 1.82) is 0 Å². The summed E-state index contributed by atoms with van der Waals surface area (Å²) in [5, 5.41) is 4.89. The highest BCUT2D eigenvalue weighted by molar-refractivity contribution is 7.90. The van der Waals surface area contributed by atoms with Gasteiger partial charge in [-0.1, -0.05) is 12.1 Å². The number of halogens is 2. The zero-order valence-corrected chi connectivity index (χ0v) is 16.3. The van der Waals surface area contributed by atoms with Crippen molar-refractivity contribution in [3.63, 3.8) is 0 Å². The van der Waals surface area contributed by atoms with Crippen LogP contribution >= 0.6 is 11.3 Å². The third-order valence-electron chi connectivity index (χ3n) is 4.77. The Morgan fingerprint density at radius 2 is 1.89 bits per heavy atom. The zero-order chi connectivity index (χ0) is 19.6. The normalized spacial score (nSPS) is 21.9. The molecule has 146 valence electrons. The van der Waals surface area contributed by atoms with Crippen LogP contribution in [0.5, 0.6) is 0 Å². The summed E-state index contributed by atoms with van der Waals surface area (Å²) in [6.45, 7) is 0. The SMILES string of the molecule is CS(=O)(=O)c1ccc([C@@H](CC2C[C@@H](F)[C@H](F)C2)C(=O)Nc2nccs2)cc1. The van der Waals surface area contributed by atoms with E-state index < -0.39 is 28.1 Å². The van der Waals surface area contributed by atoms with Gasteiger partial charge >= 0.3 is 0 Å². The third-order valence-corrected chi connectivity index (χ3v) is 6.59. The Labute approximate surface area is 160 Å². The molecular formula is C18H20F2N2O3S2. The van der Waals surface area contributed by atoms with E-state index in [1.165, 1.54) is 23.5 Å². The predicted molar refractivity (Wildman–Crippen MR) is 100 cm³/mol. The number of anilines is 1. The summed E-state index contributed by atoms with van der Waals surface area (Å²) in [4.78, 5) is 17.0. The smallest absolute Gasteiger partial charge is 0.233 e. The summed E-state index contributed by atoms with van der Waals surface area (Å²) in [6, 6.07) is 6.05. The second-order valence-electron chi connectivity index (χ2n) is 6.83. The Morgan fingerprint density at radius 1 is 1.26 bits per heavy atom. The van der Waals surface area contributed by atoms with Crippen LogP contribution in [0.25, 0.3) is 0 Å². The van der Waals surface area contributed by atoms with Crippen molar-refractivity contribution in [3.05, 3.63) is 41.4 Å². The fourth-order valence-electron chi connectivity index (χ4n) is 3.37. The van der Waals surface area contributed by atoms with Gasteiger partial charge in [-0.3, -0.25) is 4.79 Å². The first kappa shape index (κ1) is 19.9. The predicted octanol–water partition coefficient (Wildman–Crippen LogP) is 3.75. The average Bonchev–Trinajstić information content (AvgIpc) is 3.22. The van der Waals surface area contributed by atoms with Gasteiger partial charge in [-0.05, 0) is 42.9 Å². The molecule has 5 nitrogen and oxygen atoms in total. The molecule has 2 aromatic rings. The van der Waals surface area contributed by atoms with Crippen molar-refractivity contribution >= 4 is 32.2 Å². The first-order chi connectivity index (χ1) is 12.7. The van der Waals surface area contributed by atoms with Gasteiger partial charge in [0.05, 0.1) is 10.8 Å². The van der Waals surface area contributed by atoms with Gasteiger partial charge in [-0.15, -0.1) is 11.3 Å². The molecule has 0 unspecified atom stereocenters. The molecule has 1 aromatic carbocycles. The highest BCUT2D eigenvalue weighted by Crippen LogP contribution is 2.38. The molecule has 1 aromatic heterocycles. The quantitative estimate of drug-likeness (QED) is 0.781. The fraction of sp³-hybridized carbons (Fsp3) is 0.444. The lowest BCUT2D eigenvalue weighted by molar-refractivity contribution is -0.118. The number of amides is 1. The molecule has 0 radical (unpaired) electrons. The van der Waals surface area contributed by atoms with E-state index in [0.717, 1.165) is 6.26 Å². The maximum Gasteiger partial charge on any atom is 0.233 e. The third kappa shape index (κ3) is 4.90. The lowest BCUT2D eigenvalue weighted by Gasteiger charge is -2.20. The van der Waals surface area contributed by atoms with E-state index in [9.17, 15) is 22.0 Å². The van der Waals surface area contributed by atoms with Gasteiger partial charge < -0.3 is 5.32 Å². The Balaban J connectivity index is 1.83. The fourth-order valence-corrected chi connectivity index (χ4v) is 4.54. The molecule has 1 heterocycles. The van der Waals surface area contributed by atoms with Gasteiger partial charge in [0.2, 0.25) is 5.91 Å². The highest BCUT2D eigenvalue weighted by Gasteiger charge is 2.37. The summed E-state index contributed by atoms with van der Waals surface area (Å²) in [5.41, 5.74) is 0.606. The monoisotopic (exact) mass is 414 g/mol. The number of carbonyl (C=O) groups is 1. The molecule has 1 amide bonds. The van der Waals surface area contributed by atoms with Crippen LogP contribution in [-0.2, 0) is 14.6 Å². The van der Waals surface area contributed by atoms with E-state index in [1.54, 1.807) is 23.7 Å². The minimum absolute atomic E-state index is 0.0869. The molecule has 1 aliphatic rings. The van der Waals surface area contributed by atoms with E-state index in [1.807, 2.05) is 0 Å². The Bertz CT molecular complexity index is 876. The first-order valence-corrected chi connectivity index (χ1v) is 11.3. The number of hydrogen-bond donors (Lipinski definition) is 1. The van der Waals surface area contributed by atoms with Crippen molar-refractivity contribution in [2.45, 2.75) is 42.4 Å². The summed E-state index contributed by atoms with van der Waals surface area (Å²) in [5.74, 6) is -1.23. The molecule has 3 atom stereocenters. The van der Waals surface area contributed by atoms with Gasteiger partial charge in [0, 0.05) is 17.8 Å². The van der Waals surface area contributed by atoms with Gasteiger partial charge in [0.15, 0.2) is 15.0 Å². The van der Waals surface area contributed by atoms with Crippen LogP contribution in [0.2, 0.25) is 0 Å². The summed E-state index contributed by atoms with van der Waals surface area (Å²) < 4.78 is 50.4. The molecule has 0 saturated heterocycles. The topological polar surface area (TPSA) is 76.1 Å². The van der Waals surface area contributed by atoms with Crippen LogP contribution in [-0.4, -0.2) is 37.9 Å². The van der Waals surface area contributed by atoms with E-state index in [0.29, 0.717) is 10.7 Å². The number of nitrogens with zero attached hydrogens (tertiary/aromatic N) is 1. The van der Waals surface area contributed by atoms with Crippen molar-refractivity contribution in [2.75, 3.05) is 11.6 Å². The number of aromatic nitrogens is 1. The van der Waals surface area contributed by atoms with Gasteiger partial charge in [-0.2, -0.15) is 0 Å². The molecule has 27 heavy (non-hydrogen) atoms. The Hall–Kier alpha value is -1.87. The number of carbonyl (C=O) groups excluding carboxylic acids is 1. The van der Waals surface area contributed by atoms with E-state index in [2.05, 4.69) is 10.3 Å². The first-order valence-electron chi connectivity index (χ1n) is 8.52. The number of nitrogens with one attached hydrogen (secondary N) is 1. The van der Waals surface area contributed by atoms with Crippen LogP contribution in [0.1, 0.15) is 30.7 Å². The minimum Gasteiger partial charge on any atom is -0.301 e. The highest BCUT2D eigenvalue weighted by atomic mass is 32.2. The zero-order valence-electron chi connectivity index (χ0n) is 14.6. The standard InChI is InChI=1S/C18H20F2N2O3S2/c1-27(24,25)13-4-2-12(3-5-13)14(8-11-9-15(19)16(20)10-11)17(23)22-18-21-6-7-26-18/h2-7,11,14-16H,8-10H2,1H3,(H,21,22,23)/t14-,15-,16-/m1/s1. The average molecular weight is 414 g/mol. The van der Waals surface area contributed by atoms with E-state index >= 15 is 0 Å². The van der Waals surface area contributed by atoms with Gasteiger partial charge in [0.25, 0.3) is 0 Å². The van der Waals surface area contributed by atoms with Crippen molar-refractivity contribution in [2.24, 2.45) is 5.92 Å². The molecule has 1 fully saturated rings. The maximum atomic E-state index is 13.6. The number of alkyl halides is 2. The second kappa shape index (κ2) is 8.02. The molecule has 0 bridgehead atoms. The molecule has 1 aliphatic carbocycles. The lowest BCUT2D eigenvalue weighted by atomic mass is 9.87. The van der Waals surface area contributed by atoms with Crippen LogP contribution in [0, 0.1) is 5.92 Å². The van der Waals surface area contributed by atoms with Crippen LogP contribution in [0.4, 0.5) is 13.9 Å². The molecule has 9 heteroatoms. The van der Waals surface area contributed by atoms with Crippen molar-refractivity contribution < 1.29 is 22.0 Å². The number of benzene rings is 1. The summed E-state index contributed by atoms with van der Waals surface area (Å²) in [6.07, 6.45) is 0.143. The molecular weight excluding hydrogens is 394 g/mol. The van der Waals surface area contributed by atoms with Crippen molar-refractivity contribution in [1.82, 2.24) is 4.98 Å². The number of rotatable bonds is 6. The largest absolute Gasteiger partial charge is 0.301 e. The van der Waals surface area contributed by atoms with Crippen LogP contribution in [0.15, 0.2) is 40.7 Å². The number of thiazole rings is 1. The molecule has 0 aliphatic heterocycles. The number of sulfone groups is 1. The van der Waals surface area contributed by atoms with Crippen LogP contribution < -0.4 is 5.32 Å². The molecule has 0 spiro atoms. The number of hydrogen-bond acceptors (Lipinski definition) is 5. The van der Waals surface area contributed by atoms with Gasteiger partial charge in [-0.25, -0.2) is 22.2 Å². The second-order valence-corrected chi connectivity index (χ2v) is 9.74. The maximum absolute atomic E-state index is 13.6. The molecule has 1 N–H and O–H groups in total.